The zero-order valence-corrected chi connectivity index (χ0v) is 8.59. The molecule has 0 aliphatic rings. The van der Waals surface area contributed by atoms with Crippen molar-refractivity contribution in [1.82, 2.24) is 14.9 Å². The first-order chi connectivity index (χ1) is 7.27. The minimum atomic E-state index is -0.275. The molecule has 6 heteroatoms. The minimum Gasteiger partial charge on any atom is -0.396 e. The van der Waals surface area contributed by atoms with E-state index in [1.165, 1.54) is 17.1 Å². The number of amides is 1. The van der Waals surface area contributed by atoms with Crippen molar-refractivity contribution >= 4 is 6.03 Å². The van der Waals surface area contributed by atoms with Crippen LogP contribution in [0.2, 0.25) is 0 Å². The van der Waals surface area contributed by atoms with E-state index in [0.717, 1.165) is 0 Å². The smallest absolute Gasteiger partial charge is 0.327 e. The summed E-state index contributed by atoms with van der Waals surface area (Å²) in [6, 6.07) is -0.460. The van der Waals surface area contributed by atoms with Crippen molar-refractivity contribution in [2.24, 2.45) is 0 Å². The van der Waals surface area contributed by atoms with Gasteiger partial charge in [-0.1, -0.05) is 0 Å². The molecule has 0 aliphatic heterocycles. The third-order valence-corrected chi connectivity index (χ3v) is 1.91. The highest BCUT2D eigenvalue weighted by Gasteiger charge is 2.12. The van der Waals surface area contributed by atoms with Gasteiger partial charge in [-0.3, -0.25) is 4.57 Å². The van der Waals surface area contributed by atoms with Gasteiger partial charge in [-0.2, -0.15) is 0 Å². The molecular weight excluding hydrogens is 198 g/mol. The molecule has 0 saturated carbocycles. The second-order valence-corrected chi connectivity index (χ2v) is 3.08. The lowest BCUT2D eigenvalue weighted by atomic mass is 10.2. The summed E-state index contributed by atoms with van der Waals surface area (Å²) < 4.78 is 6.26. The molecule has 1 atom stereocenters. The Morgan fingerprint density at radius 3 is 3.07 bits per heavy atom. The molecule has 0 radical (unpaired) electrons. The SMILES string of the molecule is COCC(CCO)NC(=O)n1ccnc1. The zero-order valence-electron chi connectivity index (χ0n) is 8.59. The number of aromatic nitrogens is 2. The van der Waals surface area contributed by atoms with Gasteiger partial charge in [0, 0.05) is 26.1 Å². The fourth-order valence-corrected chi connectivity index (χ4v) is 1.18. The van der Waals surface area contributed by atoms with E-state index in [9.17, 15) is 4.79 Å². The number of nitrogens with zero attached hydrogens (tertiary/aromatic N) is 2. The third kappa shape index (κ3) is 3.69. The molecule has 6 nitrogen and oxygen atoms in total. The van der Waals surface area contributed by atoms with E-state index < -0.39 is 0 Å². The number of aliphatic hydroxyl groups excluding tert-OH is 1. The summed E-state index contributed by atoms with van der Waals surface area (Å²) in [7, 11) is 1.55. The minimum absolute atomic E-state index is 0.0121. The van der Waals surface area contributed by atoms with Crippen molar-refractivity contribution in [1.29, 1.82) is 0 Å². The molecule has 1 aromatic rings. The van der Waals surface area contributed by atoms with Crippen LogP contribution in [0.1, 0.15) is 6.42 Å². The lowest BCUT2D eigenvalue weighted by molar-refractivity contribution is 0.149. The van der Waals surface area contributed by atoms with Crippen LogP contribution in [0.5, 0.6) is 0 Å². The van der Waals surface area contributed by atoms with Gasteiger partial charge in [-0.25, -0.2) is 9.78 Å². The van der Waals surface area contributed by atoms with E-state index in [1.54, 1.807) is 13.3 Å². The zero-order chi connectivity index (χ0) is 11.1. The maximum absolute atomic E-state index is 11.5. The van der Waals surface area contributed by atoms with E-state index >= 15 is 0 Å². The molecule has 0 spiro atoms. The number of methoxy groups -OCH3 is 1. The number of aliphatic hydroxyl groups is 1. The summed E-state index contributed by atoms with van der Waals surface area (Å²) in [4.78, 5) is 15.3. The Bertz CT molecular complexity index is 281. The predicted molar refractivity (Wildman–Crippen MR) is 53.5 cm³/mol. The monoisotopic (exact) mass is 213 g/mol. The fourth-order valence-electron chi connectivity index (χ4n) is 1.18. The number of rotatable bonds is 5. The average molecular weight is 213 g/mol. The summed E-state index contributed by atoms with van der Waals surface area (Å²) >= 11 is 0. The first kappa shape index (κ1) is 11.7. The van der Waals surface area contributed by atoms with Crippen LogP contribution in [0.25, 0.3) is 0 Å². The molecule has 0 aromatic carbocycles. The number of nitrogens with one attached hydrogen (secondary N) is 1. The van der Waals surface area contributed by atoms with Gasteiger partial charge in [0.2, 0.25) is 0 Å². The average Bonchev–Trinajstić information content (AvgIpc) is 2.71. The Hall–Kier alpha value is -1.40. The van der Waals surface area contributed by atoms with Gasteiger partial charge >= 0.3 is 6.03 Å². The molecule has 1 aromatic heterocycles. The molecule has 1 heterocycles. The number of carbonyl (C=O) groups is 1. The van der Waals surface area contributed by atoms with Gasteiger partial charge in [0.05, 0.1) is 12.6 Å². The van der Waals surface area contributed by atoms with Crippen molar-refractivity contribution in [2.45, 2.75) is 12.5 Å². The first-order valence-corrected chi connectivity index (χ1v) is 4.66. The van der Waals surface area contributed by atoms with Crippen LogP contribution in [0.4, 0.5) is 4.79 Å². The molecule has 1 unspecified atom stereocenters. The molecule has 0 bridgehead atoms. The van der Waals surface area contributed by atoms with Crippen molar-refractivity contribution in [2.75, 3.05) is 20.3 Å². The van der Waals surface area contributed by atoms with Gasteiger partial charge in [-0.05, 0) is 6.42 Å². The number of hydrogen-bond donors (Lipinski definition) is 2. The van der Waals surface area contributed by atoms with E-state index in [1.807, 2.05) is 0 Å². The highest BCUT2D eigenvalue weighted by Crippen LogP contribution is 1.94. The molecular formula is C9H15N3O3. The molecule has 15 heavy (non-hydrogen) atoms. The molecule has 1 rings (SSSR count). The van der Waals surface area contributed by atoms with Crippen molar-refractivity contribution in [3.63, 3.8) is 0 Å². The Kier molecular flexibility index (Phi) is 4.79. The maximum Gasteiger partial charge on any atom is 0.327 e. The first-order valence-electron chi connectivity index (χ1n) is 4.66. The summed E-state index contributed by atoms with van der Waals surface area (Å²) in [6.45, 7) is 0.388. The van der Waals surface area contributed by atoms with E-state index in [0.29, 0.717) is 13.0 Å². The lowest BCUT2D eigenvalue weighted by Crippen LogP contribution is -2.40. The number of imidazole rings is 1. The predicted octanol–water partition coefficient (Wildman–Crippen LogP) is -0.162. The molecule has 2 N–H and O–H groups in total. The van der Waals surface area contributed by atoms with Gasteiger partial charge in [0.1, 0.15) is 6.33 Å². The Morgan fingerprint density at radius 1 is 1.73 bits per heavy atom. The van der Waals surface area contributed by atoms with E-state index in [4.69, 9.17) is 9.84 Å². The van der Waals surface area contributed by atoms with Crippen molar-refractivity contribution in [3.05, 3.63) is 18.7 Å². The summed E-state index contributed by atoms with van der Waals surface area (Å²) in [6.07, 6.45) is 4.96. The second kappa shape index (κ2) is 6.15. The maximum atomic E-state index is 11.5. The highest BCUT2D eigenvalue weighted by atomic mass is 16.5. The van der Waals surface area contributed by atoms with Crippen LogP contribution in [-0.4, -0.2) is 47.1 Å². The topological polar surface area (TPSA) is 76.4 Å². The molecule has 0 saturated heterocycles. The van der Waals surface area contributed by atoms with E-state index in [-0.39, 0.29) is 18.7 Å². The largest absolute Gasteiger partial charge is 0.396 e. The quantitative estimate of drug-likeness (QED) is 0.712. The normalized spacial score (nSPS) is 12.4. The molecule has 0 fully saturated rings. The van der Waals surface area contributed by atoms with Crippen molar-refractivity contribution in [3.8, 4) is 0 Å². The second-order valence-electron chi connectivity index (χ2n) is 3.08. The molecule has 84 valence electrons. The van der Waals surface area contributed by atoms with Crippen LogP contribution < -0.4 is 5.32 Å². The van der Waals surface area contributed by atoms with Crippen LogP contribution in [0.15, 0.2) is 18.7 Å². The van der Waals surface area contributed by atoms with Gasteiger partial charge in [0.15, 0.2) is 0 Å². The summed E-state index contributed by atoms with van der Waals surface area (Å²) in [5.74, 6) is 0. The molecule has 1 amide bonds. The Balaban J connectivity index is 2.47. The fraction of sp³-hybridized carbons (Fsp3) is 0.556. The van der Waals surface area contributed by atoms with Crippen molar-refractivity contribution < 1.29 is 14.6 Å². The number of hydrogen-bond acceptors (Lipinski definition) is 4. The third-order valence-electron chi connectivity index (χ3n) is 1.91. The van der Waals surface area contributed by atoms with Crippen LogP contribution in [-0.2, 0) is 4.74 Å². The van der Waals surface area contributed by atoms with Gasteiger partial charge in [-0.15, -0.1) is 0 Å². The lowest BCUT2D eigenvalue weighted by Gasteiger charge is -2.16. The Labute approximate surface area is 87.9 Å². The Morgan fingerprint density at radius 2 is 2.53 bits per heavy atom. The van der Waals surface area contributed by atoms with Crippen LogP contribution >= 0.6 is 0 Å². The van der Waals surface area contributed by atoms with Crippen LogP contribution in [0, 0.1) is 0 Å². The van der Waals surface area contributed by atoms with Gasteiger partial charge < -0.3 is 15.2 Å². The summed E-state index contributed by atoms with van der Waals surface area (Å²) in [5.41, 5.74) is 0. The summed E-state index contributed by atoms with van der Waals surface area (Å²) in [5, 5.41) is 11.5. The standard InChI is InChI=1S/C9H15N3O3/c1-15-6-8(2-5-13)11-9(14)12-4-3-10-7-12/h3-4,7-8,13H,2,5-6H2,1H3,(H,11,14). The highest BCUT2D eigenvalue weighted by molar-refractivity contribution is 5.76. The number of ether oxygens (including phenoxy) is 1. The van der Waals surface area contributed by atoms with Crippen LogP contribution in [0.3, 0.4) is 0 Å². The number of carbonyl (C=O) groups excluding carboxylic acids is 1. The van der Waals surface area contributed by atoms with Gasteiger partial charge in [0.25, 0.3) is 0 Å². The van der Waals surface area contributed by atoms with E-state index in [2.05, 4.69) is 10.3 Å². The molecule has 0 aliphatic carbocycles.